The second-order valence-corrected chi connectivity index (χ2v) is 8.11. The molecule has 164 valence electrons. The number of fused-ring (bicyclic) bond motifs is 1. The highest BCUT2D eigenvalue weighted by molar-refractivity contribution is 7.07. The summed E-state index contributed by atoms with van der Waals surface area (Å²) in [6.45, 7) is 1.76. The maximum Gasteiger partial charge on any atom is 0.338 e. The molecule has 2 aromatic carbocycles. The van der Waals surface area contributed by atoms with Crippen LogP contribution in [0.3, 0.4) is 0 Å². The zero-order valence-electron chi connectivity index (χ0n) is 18.1. The molecule has 7 nitrogen and oxygen atoms in total. The molecule has 0 spiro atoms. The van der Waals surface area contributed by atoms with E-state index < -0.39 is 12.0 Å². The van der Waals surface area contributed by atoms with E-state index in [-0.39, 0.29) is 5.56 Å². The Morgan fingerprint density at radius 3 is 2.44 bits per heavy atom. The fraction of sp³-hybridized carbons (Fsp3) is 0.208. The molecule has 0 fully saturated rings. The summed E-state index contributed by atoms with van der Waals surface area (Å²) < 4.78 is 17.7. The fourth-order valence-corrected chi connectivity index (χ4v) is 4.78. The lowest BCUT2D eigenvalue weighted by atomic mass is 9.96. The number of aromatic nitrogens is 1. The van der Waals surface area contributed by atoms with Gasteiger partial charge in [0.2, 0.25) is 0 Å². The summed E-state index contributed by atoms with van der Waals surface area (Å²) in [5.74, 6) is 0.669. The SMILES string of the molecule is COC(=O)C1=C(C)N=c2s/c(=C/c3ccc(OC)c(OC)c3)c(=O)n2[C@@H]1c1ccccc1. The number of benzene rings is 2. The van der Waals surface area contributed by atoms with Crippen molar-refractivity contribution in [1.29, 1.82) is 0 Å². The number of thiazole rings is 1. The van der Waals surface area contributed by atoms with Crippen molar-refractivity contribution in [2.24, 2.45) is 4.99 Å². The normalized spacial score (nSPS) is 15.8. The molecule has 8 heteroatoms. The van der Waals surface area contributed by atoms with Gasteiger partial charge in [-0.3, -0.25) is 9.36 Å². The first-order valence-electron chi connectivity index (χ1n) is 9.86. The number of nitrogens with zero attached hydrogens (tertiary/aromatic N) is 2. The van der Waals surface area contributed by atoms with E-state index in [9.17, 15) is 9.59 Å². The van der Waals surface area contributed by atoms with Crippen LogP contribution in [0.5, 0.6) is 11.5 Å². The van der Waals surface area contributed by atoms with Gasteiger partial charge in [0.15, 0.2) is 16.3 Å². The molecular weight excluding hydrogens is 428 g/mol. The molecule has 0 radical (unpaired) electrons. The highest BCUT2D eigenvalue weighted by Crippen LogP contribution is 2.30. The van der Waals surface area contributed by atoms with Crippen molar-refractivity contribution in [3.05, 3.63) is 90.6 Å². The molecule has 0 N–H and O–H groups in total. The van der Waals surface area contributed by atoms with Crippen LogP contribution in [0.1, 0.15) is 24.1 Å². The van der Waals surface area contributed by atoms with E-state index in [0.717, 1.165) is 11.1 Å². The maximum absolute atomic E-state index is 13.5. The van der Waals surface area contributed by atoms with Crippen LogP contribution in [0.15, 0.2) is 69.6 Å². The molecule has 1 aliphatic heterocycles. The predicted molar refractivity (Wildman–Crippen MR) is 122 cm³/mol. The second kappa shape index (κ2) is 8.84. The molecule has 1 aromatic heterocycles. The molecule has 1 aliphatic rings. The average molecular weight is 451 g/mol. The van der Waals surface area contributed by atoms with Gasteiger partial charge < -0.3 is 14.2 Å². The zero-order valence-corrected chi connectivity index (χ0v) is 18.9. The van der Waals surface area contributed by atoms with Crippen molar-refractivity contribution in [2.75, 3.05) is 21.3 Å². The first-order valence-corrected chi connectivity index (χ1v) is 10.7. The second-order valence-electron chi connectivity index (χ2n) is 7.10. The summed E-state index contributed by atoms with van der Waals surface area (Å²) in [7, 11) is 4.46. The third kappa shape index (κ3) is 3.73. The topological polar surface area (TPSA) is 79.1 Å². The first-order chi connectivity index (χ1) is 15.5. The van der Waals surface area contributed by atoms with E-state index in [1.54, 1.807) is 43.9 Å². The Bertz CT molecular complexity index is 1390. The lowest BCUT2D eigenvalue weighted by Gasteiger charge is -2.24. The van der Waals surface area contributed by atoms with E-state index in [1.807, 2.05) is 36.4 Å². The molecule has 0 amide bonds. The van der Waals surface area contributed by atoms with Gasteiger partial charge in [-0.2, -0.15) is 0 Å². The minimum Gasteiger partial charge on any atom is -0.493 e. The number of hydrogen-bond acceptors (Lipinski definition) is 7. The Labute approximate surface area is 188 Å². The van der Waals surface area contributed by atoms with Crippen LogP contribution >= 0.6 is 11.3 Å². The van der Waals surface area contributed by atoms with Crippen molar-refractivity contribution in [3.8, 4) is 11.5 Å². The molecule has 0 saturated carbocycles. The number of allylic oxidation sites excluding steroid dienone is 1. The number of methoxy groups -OCH3 is 3. The molecule has 0 bridgehead atoms. The number of carbonyl (C=O) groups excluding carboxylic acids is 1. The molecular formula is C24H22N2O5S. The standard InChI is InChI=1S/C24H22N2O5S/c1-14-20(23(28)31-4)21(16-8-6-5-7-9-16)26-22(27)19(32-24(26)25-14)13-15-10-11-17(29-2)18(12-15)30-3/h5-13,21H,1-4H3/b19-13+/t21-/m1/s1. The maximum atomic E-state index is 13.5. The molecule has 32 heavy (non-hydrogen) atoms. The predicted octanol–water partition coefficient (Wildman–Crippen LogP) is 2.43. The van der Waals surface area contributed by atoms with Crippen molar-refractivity contribution >= 4 is 23.4 Å². The minimum atomic E-state index is -0.618. The molecule has 0 saturated heterocycles. The van der Waals surface area contributed by atoms with E-state index in [4.69, 9.17) is 14.2 Å². The molecule has 4 rings (SSSR count). The van der Waals surface area contributed by atoms with Crippen LogP contribution < -0.4 is 24.4 Å². The Kier molecular flexibility index (Phi) is 5.96. The van der Waals surface area contributed by atoms with Crippen molar-refractivity contribution in [1.82, 2.24) is 4.57 Å². The van der Waals surface area contributed by atoms with Gasteiger partial charge in [0, 0.05) is 0 Å². The Hall–Kier alpha value is -3.65. The highest BCUT2D eigenvalue weighted by Gasteiger charge is 2.32. The number of ether oxygens (including phenoxy) is 3. The summed E-state index contributed by atoms with van der Waals surface area (Å²) in [6.07, 6.45) is 1.78. The van der Waals surface area contributed by atoms with Gasteiger partial charge in [-0.05, 0) is 36.3 Å². The van der Waals surface area contributed by atoms with E-state index >= 15 is 0 Å². The van der Waals surface area contributed by atoms with Crippen LogP contribution in [0.25, 0.3) is 6.08 Å². The number of hydrogen-bond donors (Lipinski definition) is 0. The van der Waals surface area contributed by atoms with Crippen LogP contribution in [0.2, 0.25) is 0 Å². The van der Waals surface area contributed by atoms with Gasteiger partial charge in [0.25, 0.3) is 5.56 Å². The van der Waals surface area contributed by atoms with Crippen LogP contribution in [0.4, 0.5) is 0 Å². The first kappa shape index (κ1) is 21.6. The van der Waals surface area contributed by atoms with Gasteiger partial charge in [0.1, 0.15) is 0 Å². The van der Waals surface area contributed by atoms with Crippen molar-refractivity contribution < 1.29 is 19.0 Å². The van der Waals surface area contributed by atoms with Crippen LogP contribution in [-0.4, -0.2) is 31.9 Å². The third-order valence-corrected chi connectivity index (χ3v) is 6.23. The van der Waals surface area contributed by atoms with E-state index in [1.165, 1.54) is 18.4 Å². The molecule has 1 atom stereocenters. The van der Waals surface area contributed by atoms with Gasteiger partial charge in [-0.15, -0.1) is 0 Å². The smallest absolute Gasteiger partial charge is 0.338 e. The highest BCUT2D eigenvalue weighted by atomic mass is 32.1. The van der Waals surface area contributed by atoms with Gasteiger partial charge >= 0.3 is 5.97 Å². The summed E-state index contributed by atoms with van der Waals surface area (Å²) in [4.78, 5) is 31.2. The molecule has 2 heterocycles. The van der Waals surface area contributed by atoms with Gasteiger partial charge in [-0.1, -0.05) is 47.7 Å². The monoisotopic (exact) mass is 450 g/mol. The Balaban J connectivity index is 1.93. The van der Waals surface area contributed by atoms with Gasteiger partial charge in [0.05, 0.1) is 43.2 Å². The quantitative estimate of drug-likeness (QED) is 0.558. The Morgan fingerprint density at radius 2 is 1.78 bits per heavy atom. The van der Waals surface area contributed by atoms with Crippen LogP contribution in [0, 0.1) is 0 Å². The molecule has 3 aromatic rings. The minimum absolute atomic E-state index is 0.230. The summed E-state index contributed by atoms with van der Waals surface area (Å²) in [6, 6.07) is 14.2. The largest absolute Gasteiger partial charge is 0.493 e. The third-order valence-electron chi connectivity index (χ3n) is 5.25. The molecule has 0 unspecified atom stereocenters. The van der Waals surface area contributed by atoms with E-state index in [0.29, 0.717) is 32.1 Å². The lowest BCUT2D eigenvalue weighted by Crippen LogP contribution is -2.39. The number of carbonyl (C=O) groups is 1. The van der Waals surface area contributed by atoms with Gasteiger partial charge in [-0.25, -0.2) is 9.79 Å². The van der Waals surface area contributed by atoms with Crippen molar-refractivity contribution in [2.45, 2.75) is 13.0 Å². The van der Waals surface area contributed by atoms with E-state index in [2.05, 4.69) is 4.99 Å². The summed E-state index contributed by atoms with van der Waals surface area (Å²) in [5, 5.41) is 0. The van der Waals surface area contributed by atoms with Crippen LogP contribution in [-0.2, 0) is 9.53 Å². The molecule has 0 aliphatic carbocycles. The van der Waals surface area contributed by atoms with Crippen molar-refractivity contribution in [3.63, 3.8) is 0 Å². The zero-order chi connectivity index (χ0) is 22.8. The summed E-state index contributed by atoms with van der Waals surface area (Å²) >= 11 is 1.27. The Morgan fingerprint density at radius 1 is 1.06 bits per heavy atom. The average Bonchev–Trinajstić information content (AvgIpc) is 3.12. The number of rotatable bonds is 5. The fourth-order valence-electron chi connectivity index (χ4n) is 3.74. The summed E-state index contributed by atoms with van der Waals surface area (Å²) in [5.41, 5.74) is 2.24. The number of esters is 1. The lowest BCUT2D eigenvalue weighted by molar-refractivity contribution is -0.136.